The van der Waals surface area contributed by atoms with E-state index in [2.05, 4.69) is 33.7 Å². The molecule has 0 aliphatic carbocycles. The molecule has 3 aromatic rings. The van der Waals surface area contributed by atoms with Crippen LogP contribution in [0.15, 0.2) is 47.0 Å². The molecule has 2 aromatic carbocycles. The number of hydrogen-bond donors (Lipinski definition) is 1. The summed E-state index contributed by atoms with van der Waals surface area (Å²) in [4.78, 5) is 4.54. The molecule has 0 saturated carbocycles. The van der Waals surface area contributed by atoms with Crippen LogP contribution in [-0.2, 0) is 11.2 Å². The van der Waals surface area contributed by atoms with E-state index in [4.69, 9.17) is 9.26 Å². The molecule has 1 aliphatic rings. The van der Waals surface area contributed by atoms with E-state index >= 15 is 0 Å². The van der Waals surface area contributed by atoms with E-state index in [0.29, 0.717) is 18.1 Å². The number of morpholine rings is 1. The van der Waals surface area contributed by atoms with E-state index in [9.17, 15) is 0 Å². The van der Waals surface area contributed by atoms with Crippen LogP contribution in [0.4, 0.5) is 0 Å². The largest absolute Gasteiger partial charge is 0.375 e. The van der Waals surface area contributed by atoms with Gasteiger partial charge in [-0.25, -0.2) is 0 Å². The molecule has 1 N–H and O–H groups in total. The zero-order valence-corrected chi connectivity index (χ0v) is 13.4. The normalized spacial score (nSPS) is 17.8. The van der Waals surface area contributed by atoms with Gasteiger partial charge >= 0.3 is 0 Å². The van der Waals surface area contributed by atoms with Crippen molar-refractivity contribution in [3.8, 4) is 11.4 Å². The minimum absolute atomic E-state index is 0. The number of nitrogens with one attached hydrogen (secondary N) is 1. The first-order valence-corrected chi connectivity index (χ1v) is 7.53. The van der Waals surface area contributed by atoms with Crippen LogP contribution in [0.5, 0.6) is 0 Å². The second-order valence-corrected chi connectivity index (χ2v) is 5.44. The summed E-state index contributed by atoms with van der Waals surface area (Å²) in [7, 11) is 0. The number of benzene rings is 2. The Morgan fingerprint density at radius 2 is 2.00 bits per heavy atom. The SMILES string of the molecule is Cl.c1ccc2c(-c3noc(CC4CNCCO4)n3)cccc2c1. The Balaban J connectivity index is 0.00000156. The maximum Gasteiger partial charge on any atom is 0.229 e. The van der Waals surface area contributed by atoms with Gasteiger partial charge in [0.2, 0.25) is 11.7 Å². The van der Waals surface area contributed by atoms with Crippen molar-refractivity contribution in [3.63, 3.8) is 0 Å². The summed E-state index contributed by atoms with van der Waals surface area (Å²) in [6, 6.07) is 14.3. The van der Waals surface area contributed by atoms with E-state index < -0.39 is 0 Å². The van der Waals surface area contributed by atoms with Crippen molar-refractivity contribution in [2.45, 2.75) is 12.5 Å². The lowest BCUT2D eigenvalue weighted by Crippen LogP contribution is -2.39. The van der Waals surface area contributed by atoms with E-state index in [-0.39, 0.29) is 18.5 Å². The lowest BCUT2D eigenvalue weighted by molar-refractivity contribution is 0.0246. The summed E-state index contributed by atoms with van der Waals surface area (Å²) in [5, 5.41) is 9.75. The third kappa shape index (κ3) is 3.37. The van der Waals surface area contributed by atoms with Gasteiger partial charge in [0.1, 0.15) is 0 Å². The number of halogens is 1. The molecule has 1 unspecified atom stereocenters. The van der Waals surface area contributed by atoms with Gasteiger partial charge in [-0.2, -0.15) is 4.98 Å². The van der Waals surface area contributed by atoms with E-state index in [1.165, 1.54) is 5.39 Å². The number of nitrogens with zero attached hydrogens (tertiary/aromatic N) is 2. The molecule has 1 aliphatic heterocycles. The number of aromatic nitrogens is 2. The highest BCUT2D eigenvalue weighted by Gasteiger charge is 2.18. The molecule has 23 heavy (non-hydrogen) atoms. The quantitative estimate of drug-likeness (QED) is 0.799. The molecule has 0 bridgehead atoms. The summed E-state index contributed by atoms with van der Waals surface area (Å²) >= 11 is 0. The van der Waals surface area contributed by atoms with Gasteiger partial charge in [-0.05, 0) is 10.8 Å². The van der Waals surface area contributed by atoms with E-state index in [1.54, 1.807) is 0 Å². The molecular weight excluding hydrogens is 314 g/mol. The monoisotopic (exact) mass is 331 g/mol. The Hall–Kier alpha value is -1.95. The van der Waals surface area contributed by atoms with Gasteiger partial charge in [0.25, 0.3) is 0 Å². The number of ether oxygens (including phenoxy) is 1. The molecule has 120 valence electrons. The zero-order chi connectivity index (χ0) is 14.8. The van der Waals surface area contributed by atoms with Gasteiger partial charge in [0.05, 0.1) is 19.1 Å². The fourth-order valence-corrected chi connectivity index (χ4v) is 2.81. The molecule has 6 heteroatoms. The fraction of sp³-hybridized carbons (Fsp3) is 0.294. The van der Waals surface area contributed by atoms with Gasteiger partial charge < -0.3 is 14.6 Å². The standard InChI is InChI=1S/C17H17N3O2.ClH/c1-2-6-14-12(4-1)5-3-7-15(14)17-19-16(22-20-17)10-13-11-18-8-9-21-13;/h1-7,13,18H,8-11H2;1H. The van der Waals surface area contributed by atoms with Crippen LogP contribution in [0.1, 0.15) is 5.89 Å². The highest BCUT2D eigenvalue weighted by Crippen LogP contribution is 2.26. The summed E-state index contributed by atoms with van der Waals surface area (Å²) < 4.78 is 11.1. The second-order valence-electron chi connectivity index (χ2n) is 5.44. The number of rotatable bonds is 3. The van der Waals surface area contributed by atoms with E-state index in [0.717, 1.165) is 30.6 Å². The molecule has 2 heterocycles. The highest BCUT2D eigenvalue weighted by atomic mass is 35.5. The lowest BCUT2D eigenvalue weighted by Gasteiger charge is -2.21. The van der Waals surface area contributed by atoms with Gasteiger partial charge in [0, 0.05) is 18.7 Å². The van der Waals surface area contributed by atoms with Crippen molar-refractivity contribution in [3.05, 3.63) is 48.4 Å². The highest BCUT2D eigenvalue weighted by molar-refractivity contribution is 5.94. The van der Waals surface area contributed by atoms with Crippen molar-refractivity contribution < 1.29 is 9.26 Å². The van der Waals surface area contributed by atoms with Crippen molar-refractivity contribution in [2.24, 2.45) is 0 Å². The maximum absolute atomic E-state index is 5.68. The fourth-order valence-electron chi connectivity index (χ4n) is 2.81. The summed E-state index contributed by atoms with van der Waals surface area (Å²) in [6.45, 7) is 2.46. The Kier molecular flexibility index (Phi) is 4.91. The minimum atomic E-state index is 0. The molecule has 0 amide bonds. The Morgan fingerprint density at radius 1 is 1.13 bits per heavy atom. The van der Waals surface area contributed by atoms with E-state index in [1.807, 2.05) is 24.3 Å². The van der Waals surface area contributed by atoms with Gasteiger partial charge in [-0.15, -0.1) is 12.4 Å². The topological polar surface area (TPSA) is 60.2 Å². The first-order valence-electron chi connectivity index (χ1n) is 7.53. The first-order chi connectivity index (χ1) is 10.9. The lowest BCUT2D eigenvalue weighted by atomic mass is 10.0. The number of fused-ring (bicyclic) bond motifs is 1. The molecule has 1 aromatic heterocycles. The molecule has 1 atom stereocenters. The molecule has 1 saturated heterocycles. The van der Waals surface area contributed by atoms with Crippen molar-refractivity contribution >= 4 is 23.2 Å². The minimum Gasteiger partial charge on any atom is -0.375 e. The number of hydrogen-bond acceptors (Lipinski definition) is 5. The maximum atomic E-state index is 5.68. The van der Waals surface area contributed by atoms with Crippen LogP contribution in [0.25, 0.3) is 22.2 Å². The average molecular weight is 332 g/mol. The van der Waals surface area contributed by atoms with Crippen molar-refractivity contribution in [1.29, 1.82) is 0 Å². The van der Waals surface area contributed by atoms with Crippen LogP contribution in [0.3, 0.4) is 0 Å². The Morgan fingerprint density at radius 3 is 2.87 bits per heavy atom. The van der Waals surface area contributed by atoms with Crippen LogP contribution in [0, 0.1) is 0 Å². The van der Waals surface area contributed by atoms with Crippen LogP contribution < -0.4 is 5.32 Å². The zero-order valence-electron chi connectivity index (χ0n) is 12.6. The predicted molar refractivity (Wildman–Crippen MR) is 90.8 cm³/mol. The van der Waals surface area contributed by atoms with Crippen molar-refractivity contribution in [1.82, 2.24) is 15.5 Å². The molecule has 0 spiro atoms. The Bertz CT molecular complexity index is 779. The van der Waals surface area contributed by atoms with Gasteiger partial charge in [-0.3, -0.25) is 0 Å². The molecule has 5 nitrogen and oxygen atoms in total. The van der Waals surface area contributed by atoms with Crippen molar-refractivity contribution in [2.75, 3.05) is 19.7 Å². The first kappa shape index (κ1) is 15.9. The third-order valence-electron chi connectivity index (χ3n) is 3.91. The summed E-state index contributed by atoms with van der Waals surface area (Å²) in [5.41, 5.74) is 0.996. The third-order valence-corrected chi connectivity index (χ3v) is 3.91. The van der Waals surface area contributed by atoms with Crippen LogP contribution >= 0.6 is 12.4 Å². The second kappa shape index (κ2) is 7.08. The smallest absolute Gasteiger partial charge is 0.229 e. The van der Waals surface area contributed by atoms with Gasteiger partial charge in [-0.1, -0.05) is 47.6 Å². The molecule has 4 rings (SSSR count). The predicted octanol–water partition coefficient (Wildman–Crippen LogP) is 2.84. The summed E-state index contributed by atoms with van der Waals surface area (Å²) in [5.74, 6) is 1.26. The van der Waals surface area contributed by atoms with Gasteiger partial charge in [0.15, 0.2) is 0 Å². The van der Waals surface area contributed by atoms with Crippen LogP contribution in [0.2, 0.25) is 0 Å². The average Bonchev–Trinajstić information content (AvgIpc) is 3.03. The van der Waals surface area contributed by atoms with Crippen LogP contribution in [-0.4, -0.2) is 35.9 Å². The molecule has 0 radical (unpaired) electrons. The summed E-state index contributed by atoms with van der Waals surface area (Å²) in [6.07, 6.45) is 0.750. The molecule has 1 fully saturated rings. The molecular formula is C17H18ClN3O2. The Labute approximate surface area is 140 Å².